The number of thiophene rings is 1. The topological polar surface area (TPSA) is 80.3 Å². The van der Waals surface area contributed by atoms with Crippen LogP contribution < -0.4 is 15.4 Å². The molecule has 2 amide bonds. The SMILES string of the molecule is CC(NC(=O)c1ccc(Br)s1)C(=O)Nc1ncccc1OCC1CCCCC1. The first-order chi connectivity index (χ1) is 13.5. The molecule has 6 nitrogen and oxygen atoms in total. The average molecular weight is 466 g/mol. The molecule has 1 saturated carbocycles. The van der Waals surface area contributed by atoms with Gasteiger partial charge in [-0.15, -0.1) is 11.3 Å². The molecule has 150 valence electrons. The van der Waals surface area contributed by atoms with E-state index < -0.39 is 6.04 Å². The number of hydrogen-bond donors (Lipinski definition) is 2. The van der Waals surface area contributed by atoms with Gasteiger partial charge in [-0.3, -0.25) is 9.59 Å². The second kappa shape index (κ2) is 10.0. The van der Waals surface area contributed by atoms with Crippen molar-refractivity contribution in [2.24, 2.45) is 5.92 Å². The van der Waals surface area contributed by atoms with Crippen molar-refractivity contribution < 1.29 is 14.3 Å². The molecular weight excluding hydrogens is 442 g/mol. The molecule has 1 atom stereocenters. The standard InChI is InChI=1S/C20H24BrN3O3S/c1-13(23-20(26)16-9-10-17(21)28-16)19(25)24-18-15(8-5-11-22-18)27-12-14-6-3-2-4-7-14/h5,8-11,13-14H,2-4,6-7,12H2,1H3,(H,23,26)(H,22,24,25). The van der Waals surface area contributed by atoms with Crippen LogP contribution >= 0.6 is 27.3 Å². The molecule has 0 aromatic carbocycles. The van der Waals surface area contributed by atoms with Crippen molar-refractivity contribution in [3.8, 4) is 5.75 Å². The monoisotopic (exact) mass is 465 g/mol. The number of ether oxygens (including phenoxy) is 1. The molecular formula is C20H24BrN3O3S. The highest BCUT2D eigenvalue weighted by atomic mass is 79.9. The number of rotatable bonds is 7. The first kappa shape index (κ1) is 20.8. The Labute approximate surface area is 177 Å². The summed E-state index contributed by atoms with van der Waals surface area (Å²) in [4.78, 5) is 29.5. The van der Waals surface area contributed by atoms with Crippen LogP contribution in [0.5, 0.6) is 5.75 Å². The molecule has 2 N–H and O–H groups in total. The number of nitrogens with zero attached hydrogens (tertiary/aromatic N) is 1. The molecule has 3 rings (SSSR count). The van der Waals surface area contributed by atoms with Crippen LogP contribution in [0, 0.1) is 5.92 Å². The summed E-state index contributed by atoms with van der Waals surface area (Å²) in [6, 6.07) is 6.39. The number of hydrogen-bond acceptors (Lipinski definition) is 5. The van der Waals surface area contributed by atoms with Crippen LogP contribution in [0.1, 0.15) is 48.7 Å². The number of carbonyl (C=O) groups is 2. The largest absolute Gasteiger partial charge is 0.489 e. The molecule has 0 radical (unpaired) electrons. The number of aromatic nitrogens is 1. The molecule has 0 bridgehead atoms. The van der Waals surface area contributed by atoms with Gasteiger partial charge in [0.15, 0.2) is 11.6 Å². The molecule has 1 unspecified atom stereocenters. The molecule has 2 heterocycles. The Morgan fingerprint density at radius 1 is 1.29 bits per heavy atom. The minimum absolute atomic E-state index is 0.284. The van der Waals surface area contributed by atoms with E-state index in [1.807, 2.05) is 0 Å². The maximum absolute atomic E-state index is 12.5. The van der Waals surface area contributed by atoms with Crippen LogP contribution in [0.15, 0.2) is 34.2 Å². The van der Waals surface area contributed by atoms with E-state index in [1.165, 1.54) is 43.4 Å². The van der Waals surface area contributed by atoms with Crippen molar-refractivity contribution in [2.75, 3.05) is 11.9 Å². The highest BCUT2D eigenvalue weighted by molar-refractivity contribution is 9.11. The highest BCUT2D eigenvalue weighted by Crippen LogP contribution is 2.27. The van der Waals surface area contributed by atoms with Crippen LogP contribution in [0.3, 0.4) is 0 Å². The van der Waals surface area contributed by atoms with E-state index in [1.54, 1.807) is 37.4 Å². The van der Waals surface area contributed by atoms with Gasteiger partial charge in [-0.2, -0.15) is 0 Å². The number of halogens is 1. The van der Waals surface area contributed by atoms with Gasteiger partial charge >= 0.3 is 0 Å². The number of pyridine rings is 1. The average Bonchev–Trinajstić information content (AvgIpc) is 3.14. The van der Waals surface area contributed by atoms with Crippen LogP contribution in [0.25, 0.3) is 0 Å². The van der Waals surface area contributed by atoms with Crippen molar-refractivity contribution in [1.82, 2.24) is 10.3 Å². The third kappa shape index (κ3) is 5.78. The molecule has 8 heteroatoms. The highest BCUT2D eigenvalue weighted by Gasteiger charge is 2.20. The Kier molecular flexibility index (Phi) is 7.44. The molecule has 0 saturated heterocycles. The fourth-order valence-corrected chi connectivity index (χ4v) is 4.45. The van der Waals surface area contributed by atoms with Crippen LogP contribution in [-0.2, 0) is 4.79 Å². The van der Waals surface area contributed by atoms with Crippen LogP contribution in [0.4, 0.5) is 5.82 Å². The smallest absolute Gasteiger partial charge is 0.262 e. The van der Waals surface area contributed by atoms with Crippen molar-refractivity contribution in [1.29, 1.82) is 0 Å². The zero-order chi connectivity index (χ0) is 19.9. The van der Waals surface area contributed by atoms with E-state index in [-0.39, 0.29) is 11.8 Å². The van der Waals surface area contributed by atoms with Crippen molar-refractivity contribution >= 4 is 44.9 Å². The van der Waals surface area contributed by atoms with Crippen molar-refractivity contribution in [3.05, 3.63) is 39.1 Å². The first-order valence-corrected chi connectivity index (χ1v) is 11.1. The lowest BCUT2D eigenvalue weighted by atomic mass is 9.90. The van der Waals surface area contributed by atoms with Gasteiger partial charge in [0.05, 0.1) is 15.3 Å². The Morgan fingerprint density at radius 2 is 2.07 bits per heavy atom. The molecule has 1 aliphatic rings. The molecule has 2 aromatic heterocycles. The second-order valence-electron chi connectivity index (χ2n) is 6.95. The molecule has 28 heavy (non-hydrogen) atoms. The van der Waals surface area contributed by atoms with Gasteiger partial charge in [0, 0.05) is 6.20 Å². The van der Waals surface area contributed by atoms with Crippen LogP contribution in [0.2, 0.25) is 0 Å². The summed E-state index contributed by atoms with van der Waals surface area (Å²) in [6.07, 6.45) is 7.78. The fourth-order valence-electron chi connectivity index (χ4n) is 3.16. The Hall–Kier alpha value is -1.93. The van der Waals surface area contributed by atoms with E-state index in [4.69, 9.17) is 4.74 Å². The summed E-state index contributed by atoms with van der Waals surface area (Å²) in [5.74, 6) is 0.865. The van der Waals surface area contributed by atoms with E-state index in [9.17, 15) is 9.59 Å². The Balaban J connectivity index is 1.56. The van der Waals surface area contributed by atoms with Crippen LogP contribution in [-0.4, -0.2) is 29.4 Å². The van der Waals surface area contributed by atoms with Gasteiger partial charge in [0.25, 0.3) is 5.91 Å². The fraction of sp³-hybridized carbons (Fsp3) is 0.450. The summed E-state index contributed by atoms with van der Waals surface area (Å²) in [5.41, 5.74) is 0. The van der Waals surface area contributed by atoms with Gasteiger partial charge in [0.1, 0.15) is 6.04 Å². The minimum Gasteiger partial charge on any atom is -0.489 e. The zero-order valence-electron chi connectivity index (χ0n) is 15.7. The lowest BCUT2D eigenvalue weighted by molar-refractivity contribution is -0.117. The third-order valence-corrected chi connectivity index (χ3v) is 6.37. The number of nitrogens with one attached hydrogen (secondary N) is 2. The van der Waals surface area contributed by atoms with Gasteiger partial charge in [-0.25, -0.2) is 4.98 Å². The molecule has 0 aliphatic heterocycles. The van der Waals surface area contributed by atoms with Gasteiger partial charge < -0.3 is 15.4 Å². The molecule has 1 fully saturated rings. The summed E-state index contributed by atoms with van der Waals surface area (Å²) < 4.78 is 6.81. The van der Waals surface area contributed by atoms with Crippen molar-refractivity contribution in [3.63, 3.8) is 0 Å². The molecule has 2 aromatic rings. The van der Waals surface area contributed by atoms with Gasteiger partial charge in [-0.05, 0) is 65.9 Å². The second-order valence-corrected chi connectivity index (χ2v) is 9.42. The lowest BCUT2D eigenvalue weighted by Gasteiger charge is -2.22. The van der Waals surface area contributed by atoms with Gasteiger partial charge in [0.2, 0.25) is 5.91 Å². The predicted octanol–water partition coefficient (Wildman–Crippen LogP) is 4.62. The zero-order valence-corrected chi connectivity index (χ0v) is 18.1. The Morgan fingerprint density at radius 3 is 2.79 bits per heavy atom. The normalized spacial score (nSPS) is 15.6. The molecule has 1 aliphatic carbocycles. The quantitative estimate of drug-likeness (QED) is 0.624. The lowest BCUT2D eigenvalue weighted by Crippen LogP contribution is -2.41. The number of carbonyl (C=O) groups excluding carboxylic acids is 2. The third-order valence-electron chi connectivity index (χ3n) is 4.75. The summed E-state index contributed by atoms with van der Waals surface area (Å²) >= 11 is 4.64. The number of amides is 2. The summed E-state index contributed by atoms with van der Waals surface area (Å²) in [7, 11) is 0. The van der Waals surface area contributed by atoms with E-state index in [0.29, 0.717) is 29.0 Å². The maximum Gasteiger partial charge on any atom is 0.262 e. The summed E-state index contributed by atoms with van der Waals surface area (Å²) in [5, 5.41) is 5.47. The number of anilines is 1. The van der Waals surface area contributed by atoms with E-state index in [0.717, 1.165) is 3.79 Å². The van der Waals surface area contributed by atoms with Crippen molar-refractivity contribution in [2.45, 2.75) is 45.1 Å². The first-order valence-electron chi connectivity index (χ1n) is 9.48. The summed E-state index contributed by atoms with van der Waals surface area (Å²) in [6.45, 7) is 2.27. The predicted molar refractivity (Wildman–Crippen MR) is 114 cm³/mol. The minimum atomic E-state index is -0.707. The van der Waals surface area contributed by atoms with E-state index >= 15 is 0 Å². The van der Waals surface area contributed by atoms with E-state index in [2.05, 4.69) is 31.5 Å². The van der Waals surface area contributed by atoms with Gasteiger partial charge in [-0.1, -0.05) is 19.3 Å². The maximum atomic E-state index is 12.5. The molecule has 0 spiro atoms. The Bertz CT molecular complexity index is 821.